The minimum absolute atomic E-state index is 0.0938. The van der Waals surface area contributed by atoms with Gasteiger partial charge in [0.2, 0.25) is 0 Å². The van der Waals surface area contributed by atoms with E-state index in [-0.39, 0.29) is 12.5 Å². The number of pyridine rings is 1. The first kappa shape index (κ1) is 20.0. The summed E-state index contributed by atoms with van der Waals surface area (Å²) in [4.78, 5) is 42.7. The highest BCUT2D eigenvalue weighted by Crippen LogP contribution is 2.29. The number of urea groups is 1. The van der Waals surface area contributed by atoms with Crippen LogP contribution in [0.3, 0.4) is 0 Å². The van der Waals surface area contributed by atoms with Crippen molar-refractivity contribution in [3.8, 4) is 5.75 Å². The molecular weight excluding hydrogens is 408 g/mol. The highest BCUT2D eigenvalue weighted by atomic mass is 16.5. The number of rotatable bonds is 5. The number of nitrogens with one attached hydrogen (secondary N) is 2. The number of aromatic nitrogens is 1. The molecule has 0 bridgehead atoms. The van der Waals surface area contributed by atoms with Crippen LogP contribution in [0.4, 0.5) is 4.79 Å². The van der Waals surface area contributed by atoms with Crippen molar-refractivity contribution in [2.45, 2.75) is 32.5 Å². The molecular formula is C24H22N4O4. The van der Waals surface area contributed by atoms with Gasteiger partial charge in [-0.25, -0.2) is 4.79 Å². The van der Waals surface area contributed by atoms with Crippen molar-refractivity contribution >= 4 is 28.7 Å². The molecule has 1 fully saturated rings. The summed E-state index contributed by atoms with van der Waals surface area (Å²) in [5.41, 5.74) is 3.12. The lowest BCUT2D eigenvalue weighted by Gasteiger charge is -2.26. The lowest BCUT2D eigenvalue weighted by molar-refractivity contribution is -0.123. The second-order valence-electron chi connectivity index (χ2n) is 8.45. The van der Waals surface area contributed by atoms with E-state index in [0.29, 0.717) is 24.5 Å². The summed E-state index contributed by atoms with van der Waals surface area (Å²) in [6, 6.07) is 14.8. The van der Waals surface area contributed by atoms with E-state index in [2.05, 4.69) is 15.6 Å². The number of ether oxygens (including phenoxy) is 1. The molecule has 4 amide bonds. The number of amides is 4. The van der Waals surface area contributed by atoms with Crippen molar-refractivity contribution in [2.24, 2.45) is 0 Å². The Balaban J connectivity index is 1.33. The summed E-state index contributed by atoms with van der Waals surface area (Å²) in [7, 11) is 0. The third-order valence-corrected chi connectivity index (χ3v) is 5.91. The van der Waals surface area contributed by atoms with Crippen LogP contribution in [0.2, 0.25) is 0 Å². The molecule has 1 saturated heterocycles. The van der Waals surface area contributed by atoms with Gasteiger partial charge in [0.25, 0.3) is 11.8 Å². The fraction of sp³-hybridized carbons (Fsp3) is 0.250. The Morgan fingerprint density at radius 3 is 2.72 bits per heavy atom. The molecule has 0 aliphatic carbocycles. The SMILES string of the molecule is Cc1cc(COc2ccc3c(c2)C(=O)N(CC2(C)NC(=O)NC2=O)C3)c2ccccc2n1. The summed E-state index contributed by atoms with van der Waals surface area (Å²) < 4.78 is 6.03. The zero-order valence-electron chi connectivity index (χ0n) is 17.8. The molecule has 2 aromatic carbocycles. The standard InChI is InChI=1S/C24H22N4O4/c1-14-9-16(18-5-3-4-6-20(18)25-14)12-32-17-8-7-15-11-28(21(29)19(15)10-17)13-24(2)22(30)26-23(31)27-24/h3-10H,11-13H2,1-2H3,(H2,26,27,30,31). The van der Waals surface area contributed by atoms with Crippen molar-refractivity contribution < 1.29 is 19.1 Å². The third-order valence-electron chi connectivity index (χ3n) is 5.91. The van der Waals surface area contributed by atoms with Crippen molar-refractivity contribution in [2.75, 3.05) is 6.54 Å². The van der Waals surface area contributed by atoms with Gasteiger partial charge in [-0.2, -0.15) is 0 Å². The van der Waals surface area contributed by atoms with Gasteiger partial charge < -0.3 is 15.0 Å². The second kappa shape index (κ2) is 7.33. The minimum Gasteiger partial charge on any atom is -0.489 e. The van der Waals surface area contributed by atoms with Crippen LogP contribution in [0.25, 0.3) is 10.9 Å². The summed E-state index contributed by atoms with van der Waals surface area (Å²) in [6.07, 6.45) is 0. The zero-order chi connectivity index (χ0) is 22.5. The number of nitrogens with zero attached hydrogens (tertiary/aromatic N) is 2. The number of carbonyl (C=O) groups is 3. The number of para-hydroxylation sites is 1. The molecule has 8 heteroatoms. The fourth-order valence-electron chi connectivity index (χ4n) is 4.31. The van der Waals surface area contributed by atoms with E-state index in [4.69, 9.17) is 4.74 Å². The molecule has 0 radical (unpaired) electrons. The summed E-state index contributed by atoms with van der Waals surface area (Å²) in [5.74, 6) is -0.0309. The molecule has 5 rings (SSSR count). The molecule has 2 aliphatic heterocycles. The molecule has 2 N–H and O–H groups in total. The molecule has 3 heterocycles. The van der Waals surface area contributed by atoms with Crippen molar-refractivity contribution in [3.63, 3.8) is 0 Å². The van der Waals surface area contributed by atoms with Crippen LogP contribution in [-0.4, -0.2) is 39.8 Å². The van der Waals surface area contributed by atoms with Crippen LogP contribution >= 0.6 is 0 Å². The maximum absolute atomic E-state index is 13.0. The van der Waals surface area contributed by atoms with Crippen LogP contribution in [0.5, 0.6) is 5.75 Å². The van der Waals surface area contributed by atoms with E-state index in [1.54, 1.807) is 17.9 Å². The average molecular weight is 430 g/mol. The van der Waals surface area contributed by atoms with Gasteiger partial charge in [-0.1, -0.05) is 24.3 Å². The molecule has 3 aromatic rings. The van der Waals surface area contributed by atoms with Gasteiger partial charge in [-0.3, -0.25) is 19.9 Å². The normalized spacial score (nSPS) is 19.8. The number of imide groups is 1. The Morgan fingerprint density at radius 2 is 1.94 bits per heavy atom. The largest absolute Gasteiger partial charge is 0.489 e. The number of fused-ring (bicyclic) bond motifs is 2. The molecule has 0 spiro atoms. The van der Waals surface area contributed by atoms with E-state index < -0.39 is 17.5 Å². The number of hydrogen-bond donors (Lipinski definition) is 2. The Hall–Kier alpha value is -3.94. The summed E-state index contributed by atoms with van der Waals surface area (Å²) in [5, 5.41) is 5.86. The molecule has 0 saturated carbocycles. The first-order valence-corrected chi connectivity index (χ1v) is 10.4. The number of hydrogen-bond acceptors (Lipinski definition) is 5. The van der Waals surface area contributed by atoms with E-state index in [1.807, 2.05) is 49.4 Å². The average Bonchev–Trinajstić information content (AvgIpc) is 3.20. The van der Waals surface area contributed by atoms with Gasteiger partial charge in [0.05, 0.1) is 12.1 Å². The first-order valence-electron chi connectivity index (χ1n) is 10.4. The third kappa shape index (κ3) is 3.43. The van der Waals surface area contributed by atoms with Crippen LogP contribution < -0.4 is 15.4 Å². The monoisotopic (exact) mass is 430 g/mol. The lowest BCUT2D eigenvalue weighted by atomic mass is 10.0. The molecule has 32 heavy (non-hydrogen) atoms. The first-order chi connectivity index (χ1) is 15.3. The van der Waals surface area contributed by atoms with Crippen LogP contribution in [0, 0.1) is 6.92 Å². The van der Waals surface area contributed by atoms with E-state index in [0.717, 1.165) is 27.7 Å². The highest BCUT2D eigenvalue weighted by Gasteiger charge is 2.45. The summed E-state index contributed by atoms with van der Waals surface area (Å²) in [6.45, 7) is 4.38. The number of benzene rings is 2. The van der Waals surface area contributed by atoms with E-state index in [9.17, 15) is 14.4 Å². The van der Waals surface area contributed by atoms with Gasteiger partial charge in [-0.05, 0) is 43.7 Å². The maximum Gasteiger partial charge on any atom is 0.322 e. The molecule has 1 unspecified atom stereocenters. The number of carbonyl (C=O) groups excluding carboxylic acids is 3. The Morgan fingerprint density at radius 1 is 1.12 bits per heavy atom. The lowest BCUT2D eigenvalue weighted by Crippen LogP contribution is -2.52. The van der Waals surface area contributed by atoms with Gasteiger partial charge in [0, 0.05) is 28.8 Å². The van der Waals surface area contributed by atoms with Crippen LogP contribution in [0.15, 0.2) is 48.5 Å². The summed E-state index contributed by atoms with van der Waals surface area (Å²) >= 11 is 0. The maximum atomic E-state index is 13.0. The Labute approximate surface area is 184 Å². The van der Waals surface area contributed by atoms with E-state index in [1.165, 1.54) is 0 Å². The van der Waals surface area contributed by atoms with Gasteiger partial charge in [0.1, 0.15) is 17.9 Å². The minimum atomic E-state index is -1.14. The van der Waals surface area contributed by atoms with Crippen molar-refractivity contribution in [1.29, 1.82) is 0 Å². The highest BCUT2D eigenvalue weighted by molar-refractivity contribution is 6.07. The van der Waals surface area contributed by atoms with Crippen LogP contribution in [-0.2, 0) is 17.9 Å². The quantitative estimate of drug-likeness (QED) is 0.606. The Bertz CT molecular complexity index is 1290. The Kier molecular flexibility index (Phi) is 4.58. The molecule has 8 nitrogen and oxygen atoms in total. The fourth-order valence-corrected chi connectivity index (χ4v) is 4.31. The molecule has 2 aliphatic rings. The molecule has 162 valence electrons. The van der Waals surface area contributed by atoms with Crippen LogP contribution in [0.1, 0.15) is 34.1 Å². The topological polar surface area (TPSA) is 101 Å². The molecule has 1 aromatic heterocycles. The number of aryl methyl sites for hydroxylation is 1. The van der Waals surface area contributed by atoms with Crippen molar-refractivity contribution in [3.05, 3.63) is 70.9 Å². The second-order valence-corrected chi connectivity index (χ2v) is 8.45. The molecule has 1 atom stereocenters. The van der Waals surface area contributed by atoms with Gasteiger partial charge in [-0.15, -0.1) is 0 Å². The van der Waals surface area contributed by atoms with E-state index >= 15 is 0 Å². The smallest absolute Gasteiger partial charge is 0.322 e. The van der Waals surface area contributed by atoms with Crippen molar-refractivity contribution in [1.82, 2.24) is 20.5 Å². The predicted molar refractivity (Wildman–Crippen MR) is 117 cm³/mol. The predicted octanol–water partition coefficient (Wildman–Crippen LogP) is 2.68. The van der Waals surface area contributed by atoms with Gasteiger partial charge >= 0.3 is 6.03 Å². The zero-order valence-corrected chi connectivity index (χ0v) is 17.8. The van der Waals surface area contributed by atoms with Gasteiger partial charge in [0.15, 0.2) is 0 Å².